The summed E-state index contributed by atoms with van der Waals surface area (Å²) in [7, 11) is 0. The normalized spacial score (nSPS) is 23.4. The van der Waals surface area contributed by atoms with Gasteiger partial charge in [0.15, 0.2) is 0 Å². The van der Waals surface area contributed by atoms with Crippen LogP contribution in [-0.4, -0.2) is 80.7 Å². The lowest BCUT2D eigenvalue weighted by Gasteiger charge is -2.35. The third-order valence-electron chi connectivity index (χ3n) is 6.66. The van der Waals surface area contributed by atoms with E-state index < -0.39 is 24.1 Å². The van der Waals surface area contributed by atoms with E-state index in [1.807, 2.05) is 18.3 Å². The molecule has 3 N–H and O–H groups in total. The topological polar surface area (TPSA) is 156 Å². The second-order valence-corrected chi connectivity index (χ2v) is 9.01. The van der Waals surface area contributed by atoms with Crippen LogP contribution in [0.3, 0.4) is 0 Å². The number of nitrogens with zero attached hydrogens (tertiary/aromatic N) is 4. The molecule has 3 aliphatic heterocycles. The number of carbonyl (C=O) groups excluding carboxylic acids is 3. The highest BCUT2D eigenvalue weighted by molar-refractivity contribution is 6.05. The van der Waals surface area contributed by atoms with Crippen LogP contribution in [0.5, 0.6) is 0 Å². The van der Waals surface area contributed by atoms with E-state index in [0.717, 1.165) is 29.9 Å². The number of ether oxygens (including phenoxy) is 1. The number of fused-ring (bicyclic) bond motifs is 1. The summed E-state index contributed by atoms with van der Waals surface area (Å²) in [5.41, 5.74) is 2.65. The third-order valence-corrected chi connectivity index (χ3v) is 6.66. The van der Waals surface area contributed by atoms with Gasteiger partial charge in [0, 0.05) is 25.1 Å². The lowest BCUT2D eigenvalue weighted by molar-refractivity contribution is -0.192. The smallest absolute Gasteiger partial charge is 0.475 e. The number of halogens is 3. The Morgan fingerprint density at radius 1 is 1.29 bits per heavy atom. The molecule has 12 nitrogen and oxygen atoms in total. The number of carbonyl (C=O) groups is 4. The van der Waals surface area contributed by atoms with E-state index in [2.05, 4.69) is 27.9 Å². The van der Waals surface area contributed by atoms with Gasteiger partial charge < -0.3 is 20.1 Å². The molecule has 3 aliphatic rings. The molecule has 2 aromatic rings. The van der Waals surface area contributed by atoms with Gasteiger partial charge in [-0.25, -0.2) is 9.48 Å². The van der Waals surface area contributed by atoms with Crippen molar-refractivity contribution in [3.63, 3.8) is 0 Å². The first kappa shape index (κ1) is 27.2. The summed E-state index contributed by atoms with van der Waals surface area (Å²) in [6.45, 7) is 4.40. The summed E-state index contributed by atoms with van der Waals surface area (Å²) in [6, 6.07) is 4.87. The molecule has 0 bridgehead atoms. The zero-order valence-electron chi connectivity index (χ0n) is 20.2. The van der Waals surface area contributed by atoms with E-state index in [4.69, 9.17) is 14.6 Å². The largest absolute Gasteiger partial charge is 0.490 e. The van der Waals surface area contributed by atoms with Crippen LogP contribution in [0.4, 0.5) is 13.2 Å². The maximum Gasteiger partial charge on any atom is 0.490 e. The Labute approximate surface area is 214 Å². The zero-order valence-corrected chi connectivity index (χ0v) is 20.2. The summed E-state index contributed by atoms with van der Waals surface area (Å²) in [5.74, 6) is -3.65. The number of aliphatic carboxylic acids is 1. The van der Waals surface area contributed by atoms with E-state index in [9.17, 15) is 27.6 Å². The molecule has 5 rings (SSSR count). The first-order valence-corrected chi connectivity index (χ1v) is 11.8. The molecular formula is C23H25F3N6O6. The van der Waals surface area contributed by atoms with Gasteiger partial charge in [-0.1, -0.05) is 12.1 Å². The molecule has 15 heteroatoms. The molecule has 3 amide bonds. The van der Waals surface area contributed by atoms with Crippen LogP contribution in [0.25, 0.3) is 5.69 Å². The first-order chi connectivity index (χ1) is 17.9. The van der Waals surface area contributed by atoms with E-state index in [1.165, 1.54) is 0 Å². The number of morpholine rings is 1. The maximum absolute atomic E-state index is 12.9. The van der Waals surface area contributed by atoms with Gasteiger partial charge in [-0.2, -0.15) is 13.2 Å². The van der Waals surface area contributed by atoms with Gasteiger partial charge in [0.05, 0.1) is 30.6 Å². The number of aromatic nitrogens is 3. The molecule has 0 radical (unpaired) electrons. The predicted octanol–water partition coefficient (Wildman–Crippen LogP) is 0.887. The number of imide groups is 1. The van der Waals surface area contributed by atoms with Gasteiger partial charge in [-0.15, -0.1) is 5.10 Å². The summed E-state index contributed by atoms with van der Waals surface area (Å²) in [6.07, 6.45) is -1.79. The summed E-state index contributed by atoms with van der Waals surface area (Å²) < 4.78 is 39.1. The van der Waals surface area contributed by atoms with E-state index >= 15 is 0 Å². The Morgan fingerprint density at radius 2 is 2.03 bits per heavy atom. The number of carboxylic acid groups (broad SMARTS) is 1. The van der Waals surface area contributed by atoms with E-state index in [1.54, 1.807) is 15.6 Å². The lowest BCUT2D eigenvalue weighted by atomic mass is 9.92. The van der Waals surface area contributed by atoms with Crippen LogP contribution in [0, 0.1) is 0 Å². The molecule has 1 aromatic heterocycles. The minimum atomic E-state index is -5.08. The highest BCUT2D eigenvalue weighted by Crippen LogP contribution is 2.30. The van der Waals surface area contributed by atoms with Crippen molar-refractivity contribution in [3.8, 4) is 5.69 Å². The van der Waals surface area contributed by atoms with Crippen molar-refractivity contribution in [1.29, 1.82) is 0 Å². The van der Waals surface area contributed by atoms with Gasteiger partial charge in [0.1, 0.15) is 11.7 Å². The van der Waals surface area contributed by atoms with Gasteiger partial charge in [-0.05, 0) is 36.6 Å². The van der Waals surface area contributed by atoms with E-state index in [0.29, 0.717) is 31.7 Å². The van der Waals surface area contributed by atoms with Crippen LogP contribution in [0.15, 0.2) is 24.4 Å². The Kier molecular flexibility index (Phi) is 7.51. The minimum absolute atomic E-state index is 0.191. The zero-order chi connectivity index (χ0) is 27.7. The molecule has 0 saturated carbocycles. The fourth-order valence-electron chi connectivity index (χ4n) is 4.55. The Morgan fingerprint density at radius 3 is 2.63 bits per heavy atom. The molecule has 204 valence electrons. The molecule has 4 heterocycles. The van der Waals surface area contributed by atoms with Gasteiger partial charge in [0.2, 0.25) is 11.8 Å². The van der Waals surface area contributed by atoms with Crippen LogP contribution in [-0.2, 0) is 31.2 Å². The molecule has 0 spiro atoms. The molecular weight excluding hydrogens is 513 g/mol. The minimum Gasteiger partial charge on any atom is -0.475 e. The standard InChI is InChI=1S/C21H24N6O4.C2HF3O2/c1-2-21(12-31-8-7-22-21)17-11-27(25-24-17)14-3-4-15-13(9-14)10-26(20(15)30)16-5-6-18(28)23-19(16)29;3-2(4,5)1(6)7/h3-4,9,11,16,22H,2,5-8,10,12H2,1H3,(H,23,28,29);(H,6,7). The molecule has 2 fully saturated rings. The van der Waals surface area contributed by atoms with Crippen molar-refractivity contribution < 1.29 is 42.2 Å². The SMILES string of the molecule is CCC1(c2cn(-c3ccc4c(c3)CN(C3CCC(=O)NC3=O)C4=O)nn2)COCCN1.O=C(O)C(F)(F)F. The Balaban J connectivity index is 0.000000426. The van der Waals surface area contributed by atoms with E-state index in [-0.39, 0.29) is 23.8 Å². The number of benzene rings is 1. The van der Waals surface area contributed by atoms with Crippen LogP contribution < -0.4 is 10.6 Å². The second-order valence-electron chi connectivity index (χ2n) is 9.01. The summed E-state index contributed by atoms with van der Waals surface area (Å²) in [4.78, 5) is 47.0. The predicted molar refractivity (Wildman–Crippen MR) is 122 cm³/mol. The molecule has 1 aromatic carbocycles. The maximum atomic E-state index is 12.9. The Hall–Kier alpha value is -3.85. The van der Waals surface area contributed by atoms with Gasteiger partial charge in [-0.3, -0.25) is 19.7 Å². The number of alkyl halides is 3. The van der Waals surface area contributed by atoms with Gasteiger partial charge in [0.25, 0.3) is 5.91 Å². The quantitative estimate of drug-likeness (QED) is 0.481. The molecule has 2 saturated heterocycles. The van der Waals surface area contributed by atoms with Crippen molar-refractivity contribution >= 4 is 23.7 Å². The first-order valence-electron chi connectivity index (χ1n) is 11.8. The number of hydrogen-bond acceptors (Lipinski definition) is 8. The number of amides is 3. The van der Waals surface area contributed by atoms with Crippen molar-refractivity contribution in [1.82, 2.24) is 30.5 Å². The fraction of sp³-hybridized carbons (Fsp3) is 0.478. The molecule has 38 heavy (non-hydrogen) atoms. The third kappa shape index (κ3) is 5.38. The van der Waals surface area contributed by atoms with Crippen LogP contribution in [0.2, 0.25) is 0 Å². The van der Waals surface area contributed by atoms with Crippen molar-refractivity contribution in [2.24, 2.45) is 0 Å². The highest BCUT2D eigenvalue weighted by atomic mass is 19.4. The number of hydrogen-bond donors (Lipinski definition) is 3. The van der Waals surface area contributed by atoms with Crippen molar-refractivity contribution in [3.05, 3.63) is 41.2 Å². The molecule has 2 unspecified atom stereocenters. The van der Waals surface area contributed by atoms with Gasteiger partial charge >= 0.3 is 12.1 Å². The number of nitrogens with one attached hydrogen (secondary N) is 2. The van der Waals surface area contributed by atoms with Crippen LogP contribution in [0.1, 0.15) is 47.8 Å². The number of carboxylic acids is 1. The van der Waals surface area contributed by atoms with Crippen LogP contribution >= 0.6 is 0 Å². The average Bonchev–Trinajstić information content (AvgIpc) is 3.50. The van der Waals surface area contributed by atoms with Crippen molar-refractivity contribution in [2.45, 2.75) is 50.5 Å². The summed E-state index contributed by atoms with van der Waals surface area (Å²) >= 11 is 0. The molecule has 2 atom stereocenters. The lowest BCUT2D eigenvalue weighted by Crippen LogP contribution is -2.52. The molecule has 0 aliphatic carbocycles. The Bertz CT molecular complexity index is 1260. The second kappa shape index (κ2) is 10.5. The number of rotatable bonds is 4. The highest BCUT2D eigenvalue weighted by Gasteiger charge is 2.40. The fourth-order valence-corrected chi connectivity index (χ4v) is 4.55. The average molecular weight is 538 g/mol. The number of piperidine rings is 1. The summed E-state index contributed by atoms with van der Waals surface area (Å²) in [5, 5.41) is 21.6. The van der Waals surface area contributed by atoms with Crippen molar-refractivity contribution in [2.75, 3.05) is 19.8 Å². The monoisotopic (exact) mass is 538 g/mol.